The first-order valence-corrected chi connectivity index (χ1v) is 6.57. The van der Waals surface area contributed by atoms with E-state index in [1.165, 1.54) is 0 Å². The summed E-state index contributed by atoms with van der Waals surface area (Å²) in [5, 5.41) is 14.9. The molecule has 1 unspecified atom stereocenters. The predicted octanol–water partition coefficient (Wildman–Crippen LogP) is 2.27. The van der Waals surface area contributed by atoms with E-state index in [0.29, 0.717) is 5.56 Å². The summed E-state index contributed by atoms with van der Waals surface area (Å²) in [6, 6.07) is 8.81. The van der Waals surface area contributed by atoms with Crippen LogP contribution in [0.4, 0.5) is 5.69 Å². The number of benzene rings is 1. The minimum atomic E-state index is -0.170. The number of amides is 1. The Bertz CT molecular complexity index is 499. The summed E-state index contributed by atoms with van der Waals surface area (Å²) in [5.74, 6) is -0.00518. The van der Waals surface area contributed by atoms with Crippen molar-refractivity contribution in [3.8, 4) is 6.07 Å². The molecule has 1 fully saturated rings. The molecule has 2 rings (SSSR count). The fraction of sp³-hybridized carbons (Fsp3) is 0.467. The van der Waals surface area contributed by atoms with E-state index >= 15 is 0 Å². The van der Waals surface area contributed by atoms with Crippen molar-refractivity contribution in [3.63, 3.8) is 0 Å². The second kappa shape index (κ2) is 5.41. The minimum absolute atomic E-state index is 0.00518. The summed E-state index contributed by atoms with van der Waals surface area (Å²) in [6.07, 6.45) is 2.15. The van der Waals surface area contributed by atoms with E-state index in [4.69, 9.17) is 5.26 Å². The maximum Gasteiger partial charge on any atom is 0.242 e. The van der Waals surface area contributed by atoms with Gasteiger partial charge < -0.3 is 10.6 Å². The molecule has 0 aromatic heterocycles. The number of rotatable bonds is 2. The zero-order valence-corrected chi connectivity index (χ0v) is 11.4. The normalized spacial score (nSPS) is 21.4. The van der Waals surface area contributed by atoms with Gasteiger partial charge in [-0.1, -0.05) is 13.8 Å². The Morgan fingerprint density at radius 1 is 1.42 bits per heavy atom. The van der Waals surface area contributed by atoms with Gasteiger partial charge in [0.1, 0.15) is 0 Å². The van der Waals surface area contributed by atoms with Gasteiger partial charge in [0.2, 0.25) is 5.91 Å². The maximum absolute atomic E-state index is 12.3. The van der Waals surface area contributed by atoms with E-state index in [1.807, 2.05) is 0 Å². The minimum Gasteiger partial charge on any atom is -0.325 e. The van der Waals surface area contributed by atoms with Crippen LogP contribution in [0.1, 0.15) is 32.3 Å². The number of hydrogen-bond acceptors (Lipinski definition) is 3. The Morgan fingerprint density at radius 2 is 2.11 bits per heavy atom. The molecule has 1 heterocycles. The van der Waals surface area contributed by atoms with Crippen LogP contribution in [0.5, 0.6) is 0 Å². The monoisotopic (exact) mass is 257 g/mol. The number of piperidine rings is 1. The summed E-state index contributed by atoms with van der Waals surface area (Å²) >= 11 is 0. The Balaban J connectivity index is 2.05. The van der Waals surface area contributed by atoms with Crippen LogP contribution in [0.25, 0.3) is 0 Å². The molecule has 0 saturated carbocycles. The number of nitriles is 1. The highest BCUT2D eigenvalue weighted by Crippen LogP contribution is 2.30. The van der Waals surface area contributed by atoms with E-state index in [-0.39, 0.29) is 17.4 Å². The zero-order chi connectivity index (χ0) is 13.9. The molecule has 100 valence electrons. The number of carbonyl (C=O) groups excluding carboxylic acids is 1. The van der Waals surface area contributed by atoms with Crippen LogP contribution in [0.3, 0.4) is 0 Å². The quantitative estimate of drug-likeness (QED) is 0.854. The third-order valence-electron chi connectivity index (χ3n) is 3.67. The van der Waals surface area contributed by atoms with Crippen LogP contribution in [0.15, 0.2) is 24.3 Å². The third-order valence-corrected chi connectivity index (χ3v) is 3.67. The molecule has 4 nitrogen and oxygen atoms in total. The molecule has 2 N–H and O–H groups in total. The van der Waals surface area contributed by atoms with E-state index in [2.05, 4.69) is 30.6 Å². The van der Waals surface area contributed by atoms with Crippen molar-refractivity contribution in [1.82, 2.24) is 5.32 Å². The second-order valence-corrected chi connectivity index (χ2v) is 5.66. The molecule has 19 heavy (non-hydrogen) atoms. The molecule has 1 atom stereocenters. The van der Waals surface area contributed by atoms with Crippen LogP contribution < -0.4 is 10.6 Å². The first-order chi connectivity index (χ1) is 9.03. The predicted molar refractivity (Wildman–Crippen MR) is 74.6 cm³/mol. The molecule has 1 amide bonds. The lowest BCUT2D eigenvalue weighted by molar-refractivity contribution is -0.121. The Kier molecular flexibility index (Phi) is 3.87. The largest absolute Gasteiger partial charge is 0.325 e. The maximum atomic E-state index is 12.3. The molecule has 0 aliphatic carbocycles. The van der Waals surface area contributed by atoms with Crippen molar-refractivity contribution < 1.29 is 4.79 Å². The molecule has 4 heteroatoms. The van der Waals surface area contributed by atoms with Crippen molar-refractivity contribution >= 4 is 11.6 Å². The SMILES string of the molecule is CC1(C)CCCNC1C(=O)Nc1ccc(C#N)cc1. The van der Waals surface area contributed by atoms with Gasteiger partial charge in [-0.2, -0.15) is 5.26 Å². The Hall–Kier alpha value is -1.86. The van der Waals surface area contributed by atoms with E-state index in [0.717, 1.165) is 25.1 Å². The van der Waals surface area contributed by atoms with Crippen LogP contribution in [0, 0.1) is 16.7 Å². The summed E-state index contributed by atoms with van der Waals surface area (Å²) < 4.78 is 0. The van der Waals surface area contributed by atoms with E-state index in [9.17, 15) is 4.79 Å². The van der Waals surface area contributed by atoms with Gasteiger partial charge >= 0.3 is 0 Å². The lowest BCUT2D eigenvalue weighted by Gasteiger charge is -2.38. The molecule has 1 aromatic rings. The van der Waals surface area contributed by atoms with Gasteiger partial charge in [0.05, 0.1) is 17.7 Å². The molecular weight excluding hydrogens is 238 g/mol. The summed E-state index contributed by atoms with van der Waals surface area (Å²) in [6.45, 7) is 5.11. The fourth-order valence-electron chi connectivity index (χ4n) is 2.50. The van der Waals surface area contributed by atoms with Gasteiger partial charge in [-0.05, 0) is 49.1 Å². The van der Waals surface area contributed by atoms with Gasteiger partial charge in [-0.15, -0.1) is 0 Å². The number of nitrogens with one attached hydrogen (secondary N) is 2. The van der Waals surface area contributed by atoms with Gasteiger partial charge in [0.15, 0.2) is 0 Å². The standard InChI is InChI=1S/C15H19N3O/c1-15(2)8-3-9-17-13(15)14(19)18-12-6-4-11(10-16)5-7-12/h4-7,13,17H,3,8-9H2,1-2H3,(H,18,19). The summed E-state index contributed by atoms with van der Waals surface area (Å²) in [5.41, 5.74) is 1.29. The lowest BCUT2D eigenvalue weighted by atomic mass is 9.77. The third kappa shape index (κ3) is 3.12. The number of hydrogen-bond donors (Lipinski definition) is 2. The molecular formula is C15H19N3O. The van der Waals surface area contributed by atoms with Crippen molar-refractivity contribution in [1.29, 1.82) is 5.26 Å². The van der Waals surface area contributed by atoms with Crippen molar-refractivity contribution in [2.45, 2.75) is 32.7 Å². The average molecular weight is 257 g/mol. The molecule has 1 aliphatic heterocycles. The Labute approximate surface area is 113 Å². The van der Waals surface area contributed by atoms with Crippen LogP contribution in [-0.2, 0) is 4.79 Å². The van der Waals surface area contributed by atoms with Crippen LogP contribution >= 0.6 is 0 Å². The van der Waals surface area contributed by atoms with Gasteiger partial charge in [0.25, 0.3) is 0 Å². The van der Waals surface area contributed by atoms with Crippen LogP contribution in [0.2, 0.25) is 0 Å². The summed E-state index contributed by atoms with van der Waals surface area (Å²) in [4.78, 5) is 12.3. The second-order valence-electron chi connectivity index (χ2n) is 5.66. The number of carbonyl (C=O) groups is 1. The topological polar surface area (TPSA) is 64.9 Å². The average Bonchev–Trinajstić information content (AvgIpc) is 2.39. The Morgan fingerprint density at radius 3 is 2.68 bits per heavy atom. The van der Waals surface area contributed by atoms with E-state index in [1.54, 1.807) is 24.3 Å². The van der Waals surface area contributed by atoms with Crippen LogP contribution in [-0.4, -0.2) is 18.5 Å². The van der Waals surface area contributed by atoms with Crippen molar-refractivity contribution in [2.24, 2.45) is 5.41 Å². The highest BCUT2D eigenvalue weighted by molar-refractivity contribution is 5.95. The fourth-order valence-corrected chi connectivity index (χ4v) is 2.50. The first-order valence-electron chi connectivity index (χ1n) is 6.57. The highest BCUT2D eigenvalue weighted by Gasteiger charge is 2.36. The summed E-state index contributed by atoms with van der Waals surface area (Å²) in [7, 11) is 0. The van der Waals surface area contributed by atoms with Gasteiger partial charge in [0, 0.05) is 5.69 Å². The molecule has 1 aromatic carbocycles. The molecule has 0 radical (unpaired) electrons. The smallest absolute Gasteiger partial charge is 0.242 e. The molecule has 0 spiro atoms. The van der Waals surface area contributed by atoms with Gasteiger partial charge in [-0.3, -0.25) is 4.79 Å². The zero-order valence-electron chi connectivity index (χ0n) is 11.4. The lowest BCUT2D eigenvalue weighted by Crippen LogP contribution is -2.53. The van der Waals surface area contributed by atoms with Gasteiger partial charge in [-0.25, -0.2) is 0 Å². The number of nitrogens with zero attached hydrogens (tertiary/aromatic N) is 1. The van der Waals surface area contributed by atoms with E-state index < -0.39 is 0 Å². The highest BCUT2D eigenvalue weighted by atomic mass is 16.2. The van der Waals surface area contributed by atoms with Crippen molar-refractivity contribution in [2.75, 3.05) is 11.9 Å². The van der Waals surface area contributed by atoms with Crippen molar-refractivity contribution in [3.05, 3.63) is 29.8 Å². The molecule has 1 saturated heterocycles. The number of anilines is 1. The molecule has 0 bridgehead atoms. The molecule has 1 aliphatic rings. The first kappa shape index (κ1) is 13.6.